The quantitative estimate of drug-likeness (QED) is 0.749. The van der Waals surface area contributed by atoms with Gasteiger partial charge in [0.25, 0.3) is 0 Å². The van der Waals surface area contributed by atoms with Crippen LogP contribution in [0, 0.1) is 5.92 Å². The van der Waals surface area contributed by atoms with Crippen molar-refractivity contribution >= 4 is 17.7 Å². The Morgan fingerprint density at radius 3 is 3.00 bits per heavy atom. The summed E-state index contributed by atoms with van der Waals surface area (Å²) in [7, 11) is 0. The molecule has 1 aromatic carbocycles. The van der Waals surface area contributed by atoms with Crippen LogP contribution in [0.4, 0.5) is 0 Å². The van der Waals surface area contributed by atoms with Crippen LogP contribution in [0.15, 0.2) is 29.2 Å². The number of nitrogens with one attached hydrogen (secondary N) is 2. The minimum Gasteiger partial charge on any atom is -0.391 e. The zero-order chi connectivity index (χ0) is 13.2. The fourth-order valence-electron chi connectivity index (χ4n) is 2.60. The van der Waals surface area contributed by atoms with Gasteiger partial charge >= 0.3 is 0 Å². The molecular formula is C14H18N2O2S. The number of aliphatic hydroxyl groups excluding tert-OH is 1. The standard InChI is InChI=1S/C14H18N2O2S/c17-11-8-15-6-10(11)7-16-14(18)13-5-9-3-1-2-4-12(9)19-13/h1-4,10-11,13,15,17H,5-8H2,(H,16,18). The first-order chi connectivity index (χ1) is 9.24. The molecule has 0 saturated carbocycles. The first kappa shape index (κ1) is 13.0. The number of hydrogen-bond donors (Lipinski definition) is 3. The topological polar surface area (TPSA) is 61.4 Å². The van der Waals surface area contributed by atoms with Crippen molar-refractivity contribution in [1.29, 1.82) is 0 Å². The van der Waals surface area contributed by atoms with Crippen molar-refractivity contribution < 1.29 is 9.90 Å². The largest absolute Gasteiger partial charge is 0.391 e. The maximum atomic E-state index is 12.1. The van der Waals surface area contributed by atoms with Gasteiger partial charge in [-0.15, -0.1) is 11.8 Å². The van der Waals surface area contributed by atoms with Crippen molar-refractivity contribution in [1.82, 2.24) is 10.6 Å². The highest BCUT2D eigenvalue weighted by molar-refractivity contribution is 8.01. The van der Waals surface area contributed by atoms with Gasteiger partial charge in [-0.1, -0.05) is 18.2 Å². The molecule has 0 bridgehead atoms. The van der Waals surface area contributed by atoms with Gasteiger partial charge in [0.2, 0.25) is 5.91 Å². The molecule has 3 atom stereocenters. The van der Waals surface area contributed by atoms with Gasteiger partial charge in [-0.3, -0.25) is 4.79 Å². The summed E-state index contributed by atoms with van der Waals surface area (Å²) in [5.41, 5.74) is 1.26. The van der Waals surface area contributed by atoms with Gasteiger partial charge < -0.3 is 15.7 Å². The molecule has 1 fully saturated rings. The Bertz CT molecular complexity index is 455. The second-order valence-electron chi connectivity index (χ2n) is 5.15. The Morgan fingerprint density at radius 2 is 2.26 bits per heavy atom. The number of amides is 1. The third-order valence-electron chi connectivity index (χ3n) is 3.78. The van der Waals surface area contributed by atoms with Gasteiger partial charge in [0.15, 0.2) is 0 Å². The van der Waals surface area contributed by atoms with Gasteiger partial charge in [0.05, 0.1) is 11.4 Å². The highest BCUT2D eigenvalue weighted by Gasteiger charge is 2.30. The van der Waals surface area contributed by atoms with E-state index in [2.05, 4.69) is 22.8 Å². The van der Waals surface area contributed by atoms with E-state index in [0.29, 0.717) is 13.1 Å². The van der Waals surface area contributed by atoms with Gasteiger partial charge in [0, 0.05) is 30.4 Å². The first-order valence-corrected chi connectivity index (χ1v) is 7.53. The van der Waals surface area contributed by atoms with E-state index in [1.807, 2.05) is 12.1 Å². The van der Waals surface area contributed by atoms with E-state index in [-0.39, 0.29) is 23.2 Å². The first-order valence-electron chi connectivity index (χ1n) is 6.65. The molecule has 0 aromatic heterocycles. The van der Waals surface area contributed by atoms with E-state index in [4.69, 9.17) is 0 Å². The third kappa shape index (κ3) is 2.78. The minimum atomic E-state index is -0.339. The minimum absolute atomic E-state index is 0.0242. The molecule has 3 N–H and O–H groups in total. The highest BCUT2D eigenvalue weighted by Crippen LogP contribution is 2.36. The summed E-state index contributed by atoms with van der Waals surface area (Å²) in [6.07, 6.45) is 0.465. The fraction of sp³-hybridized carbons (Fsp3) is 0.500. The van der Waals surface area contributed by atoms with E-state index in [1.54, 1.807) is 11.8 Å². The van der Waals surface area contributed by atoms with E-state index in [1.165, 1.54) is 10.5 Å². The second-order valence-corrected chi connectivity index (χ2v) is 6.39. The lowest BCUT2D eigenvalue weighted by Crippen LogP contribution is -2.38. The number of carbonyl (C=O) groups is 1. The van der Waals surface area contributed by atoms with E-state index < -0.39 is 0 Å². The molecule has 102 valence electrons. The Kier molecular flexibility index (Phi) is 3.77. The lowest BCUT2D eigenvalue weighted by molar-refractivity contribution is -0.120. The van der Waals surface area contributed by atoms with Gasteiger partial charge in [0.1, 0.15) is 0 Å². The van der Waals surface area contributed by atoms with Crippen molar-refractivity contribution in [2.45, 2.75) is 22.7 Å². The molecule has 0 spiro atoms. The van der Waals surface area contributed by atoms with Crippen LogP contribution in [0.1, 0.15) is 5.56 Å². The highest BCUT2D eigenvalue weighted by atomic mass is 32.2. The summed E-state index contributed by atoms with van der Waals surface area (Å²) in [5.74, 6) is 0.220. The Hall–Kier alpha value is -1.04. The van der Waals surface area contributed by atoms with E-state index in [9.17, 15) is 9.90 Å². The summed E-state index contributed by atoms with van der Waals surface area (Å²) in [6.45, 7) is 1.96. The lowest BCUT2D eigenvalue weighted by atomic mass is 10.1. The van der Waals surface area contributed by atoms with Crippen LogP contribution in [-0.2, 0) is 11.2 Å². The number of hydrogen-bond acceptors (Lipinski definition) is 4. The fourth-order valence-corrected chi connectivity index (χ4v) is 3.82. The second kappa shape index (κ2) is 5.53. The number of thioether (sulfide) groups is 1. The monoisotopic (exact) mass is 278 g/mol. The van der Waals surface area contributed by atoms with Crippen LogP contribution in [0.3, 0.4) is 0 Å². The third-order valence-corrected chi connectivity index (χ3v) is 5.10. The predicted octanol–water partition coefficient (Wildman–Crippen LogP) is 0.400. The SMILES string of the molecule is O=C(NCC1CNCC1O)C1Cc2ccccc2S1. The average Bonchev–Trinajstić information content (AvgIpc) is 3.01. The maximum absolute atomic E-state index is 12.1. The molecule has 2 heterocycles. The summed E-state index contributed by atoms with van der Waals surface area (Å²) in [6, 6.07) is 8.17. The molecule has 1 amide bonds. The molecule has 0 radical (unpaired) electrons. The molecule has 19 heavy (non-hydrogen) atoms. The maximum Gasteiger partial charge on any atom is 0.233 e. The molecule has 5 heteroatoms. The van der Waals surface area contributed by atoms with E-state index >= 15 is 0 Å². The normalized spacial score (nSPS) is 29.2. The van der Waals surface area contributed by atoms with Crippen LogP contribution >= 0.6 is 11.8 Å². The zero-order valence-electron chi connectivity index (χ0n) is 10.6. The Balaban J connectivity index is 1.52. The van der Waals surface area contributed by atoms with Crippen molar-refractivity contribution in [3.05, 3.63) is 29.8 Å². The molecule has 2 aliphatic rings. The van der Waals surface area contributed by atoms with Crippen LogP contribution in [0.2, 0.25) is 0 Å². The number of benzene rings is 1. The molecule has 1 aromatic rings. The van der Waals surface area contributed by atoms with Crippen LogP contribution in [-0.4, -0.2) is 42.0 Å². The Morgan fingerprint density at radius 1 is 1.42 bits per heavy atom. The molecule has 3 unspecified atom stereocenters. The van der Waals surface area contributed by atoms with Crippen molar-refractivity contribution in [2.75, 3.05) is 19.6 Å². The van der Waals surface area contributed by atoms with Crippen molar-refractivity contribution in [3.8, 4) is 0 Å². The molecule has 0 aliphatic carbocycles. The number of carbonyl (C=O) groups excluding carboxylic acids is 1. The predicted molar refractivity (Wildman–Crippen MR) is 75.2 cm³/mol. The zero-order valence-corrected chi connectivity index (χ0v) is 11.5. The molecule has 3 rings (SSSR count). The average molecular weight is 278 g/mol. The summed E-state index contributed by atoms with van der Waals surface area (Å²) >= 11 is 1.64. The molecule has 4 nitrogen and oxygen atoms in total. The summed E-state index contributed by atoms with van der Waals surface area (Å²) < 4.78 is 0. The van der Waals surface area contributed by atoms with Crippen molar-refractivity contribution in [3.63, 3.8) is 0 Å². The molecule has 1 saturated heterocycles. The van der Waals surface area contributed by atoms with Crippen LogP contribution < -0.4 is 10.6 Å². The number of aliphatic hydroxyl groups is 1. The molecular weight excluding hydrogens is 260 g/mol. The van der Waals surface area contributed by atoms with Crippen LogP contribution in [0.25, 0.3) is 0 Å². The van der Waals surface area contributed by atoms with Gasteiger partial charge in [-0.05, 0) is 18.1 Å². The van der Waals surface area contributed by atoms with Gasteiger partial charge in [-0.25, -0.2) is 0 Å². The van der Waals surface area contributed by atoms with Crippen molar-refractivity contribution in [2.24, 2.45) is 5.92 Å². The summed E-state index contributed by atoms with van der Waals surface area (Å²) in [4.78, 5) is 13.4. The molecule has 2 aliphatic heterocycles. The number of fused-ring (bicyclic) bond motifs is 1. The smallest absolute Gasteiger partial charge is 0.233 e. The number of β-amino-alcohol motifs (C(OH)–C–C–N with tert-alkyl or cyclic N) is 1. The lowest BCUT2D eigenvalue weighted by Gasteiger charge is -2.16. The Labute approximate surface area is 117 Å². The van der Waals surface area contributed by atoms with Crippen LogP contribution in [0.5, 0.6) is 0 Å². The van der Waals surface area contributed by atoms with E-state index in [0.717, 1.165) is 13.0 Å². The summed E-state index contributed by atoms with van der Waals surface area (Å²) in [5, 5.41) is 15.8. The van der Waals surface area contributed by atoms with Gasteiger partial charge in [-0.2, -0.15) is 0 Å². The number of rotatable bonds is 3.